The van der Waals surface area contributed by atoms with Crippen molar-refractivity contribution in [1.29, 1.82) is 0 Å². The zero-order chi connectivity index (χ0) is 19.4. The Morgan fingerprint density at radius 1 is 0.815 bits per heavy atom. The molecule has 1 aromatic rings. The molecule has 0 aromatic heterocycles. The summed E-state index contributed by atoms with van der Waals surface area (Å²) in [6.45, 7) is 4.55. The molecule has 0 bridgehead atoms. The lowest BCUT2D eigenvalue weighted by molar-refractivity contribution is -0.136. The summed E-state index contributed by atoms with van der Waals surface area (Å²) in [7, 11) is 0. The van der Waals surface area contributed by atoms with Crippen LogP contribution in [0.1, 0.15) is 12.8 Å². The highest BCUT2D eigenvalue weighted by molar-refractivity contribution is 6.43. The lowest BCUT2D eigenvalue weighted by Crippen LogP contribution is -2.52. The van der Waals surface area contributed by atoms with Gasteiger partial charge < -0.3 is 14.5 Å². The Bertz CT molecular complexity index is 703. The van der Waals surface area contributed by atoms with Gasteiger partial charge in [0.1, 0.15) is 5.75 Å². The molecule has 2 aliphatic rings. The number of rotatable bonds is 5. The van der Waals surface area contributed by atoms with Gasteiger partial charge in [0.2, 0.25) is 5.91 Å². The Balaban J connectivity index is 1.43. The van der Waals surface area contributed by atoms with Gasteiger partial charge in [0, 0.05) is 45.3 Å². The largest absolute Gasteiger partial charge is 0.482 e. The van der Waals surface area contributed by atoms with Crippen molar-refractivity contribution in [2.75, 3.05) is 52.4 Å². The van der Waals surface area contributed by atoms with Gasteiger partial charge in [-0.3, -0.25) is 14.5 Å². The maximum Gasteiger partial charge on any atom is 0.260 e. The van der Waals surface area contributed by atoms with Crippen LogP contribution in [0.2, 0.25) is 15.1 Å². The van der Waals surface area contributed by atoms with Crippen LogP contribution in [0.4, 0.5) is 0 Å². The molecule has 2 saturated heterocycles. The topological polar surface area (TPSA) is 53.1 Å². The van der Waals surface area contributed by atoms with Crippen molar-refractivity contribution in [3.63, 3.8) is 0 Å². The third-order valence-corrected chi connectivity index (χ3v) is 5.89. The van der Waals surface area contributed by atoms with Crippen molar-refractivity contribution in [3.8, 4) is 5.75 Å². The van der Waals surface area contributed by atoms with Gasteiger partial charge in [-0.25, -0.2) is 0 Å². The first-order valence-electron chi connectivity index (χ1n) is 8.99. The predicted molar refractivity (Wildman–Crippen MR) is 106 cm³/mol. The highest BCUT2D eigenvalue weighted by atomic mass is 35.5. The van der Waals surface area contributed by atoms with Crippen molar-refractivity contribution in [1.82, 2.24) is 14.7 Å². The molecule has 0 spiro atoms. The van der Waals surface area contributed by atoms with E-state index in [4.69, 9.17) is 39.5 Å². The number of carbonyl (C=O) groups excluding carboxylic acids is 2. The van der Waals surface area contributed by atoms with Crippen LogP contribution in [0.5, 0.6) is 5.75 Å². The van der Waals surface area contributed by atoms with Crippen LogP contribution in [-0.2, 0) is 9.59 Å². The predicted octanol–water partition coefficient (Wildman–Crippen LogP) is 2.79. The fraction of sp³-hybridized carbons (Fsp3) is 0.556. The standard InChI is InChI=1S/C18H22Cl3N3O3/c19-13-9-15(21)16(10-14(13)20)27-12-18(26)24-7-5-22(6-8-24)11-17(25)23-3-1-2-4-23/h9-10H,1-8,11-12H2. The maximum absolute atomic E-state index is 12.4. The normalized spacial score (nSPS) is 18.0. The number of nitrogens with zero attached hydrogens (tertiary/aromatic N) is 3. The quantitative estimate of drug-likeness (QED) is 0.669. The highest BCUT2D eigenvalue weighted by Crippen LogP contribution is 2.33. The molecule has 148 valence electrons. The van der Waals surface area contributed by atoms with Crippen LogP contribution in [-0.4, -0.2) is 78.9 Å². The molecule has 1 aromatic carbocycles. The second-order valence-electron chi connectivity index (χ2n) is 6.73. The molecule has 6 nitrogen and oxygen atoms in total. The summed E-state index contributed by atoms with van der Waals surface area (Å²) in [5.41, 5.74) is 0. The van der Waals surface area contributed by atoms with Crippen molar-refractivity contribution in [3.05, 3.63) is 27.2 Å². The van der Waals surface area contributed by atoms with Gasteiger partial charge in [-0.05, 0) is 18.9 Å². The van der Waals surface area contributed by atoms with Gasteiger partial charge in [0.25, 0.3) is 5.91 Å². The summed E-state index contributed by atoms with van der Waals surface area (Å²) in [6.07, 6.45) is 2.19. The molecule has 0 aliphatic carbocycles. The number of benzene rings is 1. The van der Waals surface area contributed by atoms with E-state index in [1.165, 1.54) is 12.1 Å². The summed E-state index contributed by atoms with van der Waals surface area (Å²) in [5, 5.41) is 0.960. The molecule has 2 fully saturated rings. The summed E-state index contributed by atoms with van der Waals surface area (Å²) in [5.74, 6) is 0.391. The molecule has 0 N–H and O–H groups in total. The zero-order valence-electron chi connectivity index (χ0n) is 14.9. The van der Waals surface area contributed by atoms with Crippen molar-refractivity contribution in [2.24, 2.45) is 0 Å². The number of hydrogen-bond acceptors (Lipinski definition) is 4. The molecule has 2 aliphatic heterocycles. The Labute approximate surface area is 173 Å². The molecule has 3 rings (SSSR count). The number of halogens is 3. The van der Waals surface area contributed by atoms with E-state index in [1.54, 1.807) is 4.90 Å². The van der Waals surface area contributed by atoms with Crippen LogP contribution in [0.15, 0.2) is 12.1 Å². The zero-order valence-corrected chi connectivity index (χ0v) is 17.2. The van der Waals surface area contributed by atoms with E-state index in [1.807, 2.05) is 4.90 Å². The smallest absolute Gasteiger partial charge is 0.260 e. The first-order valence-corrected chi connectivity index (χ1v) is 10.1. The summed E-state index contributed by atoms with van der Waals surface area (Å²) in [4.78, 5) is 30.4. The first kappa shape index (κ1) is 20.5. The third kappa shape index (κ3) is 5.41. The average Bonchev–Trinajstić information content (AvgIpc) is 3.19. The minimum absolute atomic E-state index is 0.121. The molecule has 2 heterocycles. The van der Waals surface area contributed by atoms with Gasteiger partial charge in [0.15, 0.2) is 6.61 Å². The summed E-state index contributed by atoms with van der Waals surface area (Å²) in [6, 6.07) is 2.99. The minimum atomic E-state index is -0.123. The Kier molecular flexibility index (Phi) is 7.09. The second-order valence-corrected chi connectivity index (χ2v) is 7.95. The molecule has 0 unspecified atom stereocenters. The molecule has 0 radical (unpaired) electrons. The number of carbonyl (C=O) groups is 2. The van der Waals surface area contributed by atoms with Gasteiger partial charge in [-0.15, -0.1) is 0 Å². The SMILES string of the molecule is O=C(COc1cc(Cl)c(Cl)cc1Cl)N1CCN(CC(=O)N2CCCC2)CC1. The van der Waals surface area contributed by atoms with E-state index in [0.29, 0.717) is 53.5 Å². The van der Waals surface area contributed by atoms with E-state index in [2.05, 4.69) is 4.90 Å². The number of likely N-dealkylation sites (tertiary alicyclic amines) is 1. The number of hydrogen-bond donors (Lipinski definition) is 0. The van der Waals surface area contributed by atoms with E-state index in [0.717, 1.165) is 25.9 Å². The first-order chi connectivity index (χ1) is 12.9. The Morgan fingerprint density at radius 2 is 1.41 bits per heavy atom. The van der Waals surface area contributed by atoms with Crippen LogP contribution in [0, 0.1) is 0 Å². The second kappa shape index (κ2) is 9.32. The lowest BCUT2D eigenvalue weighted by atomic mass is 10.3. The molecule has 9 heteroatoms. The monoisotopic (exact) mass is 433 g/mol. The van der Waals surface area contributed by atoms with Gasteiger partial charge in [-0.2, -0.15) is 0 Å². The van der Waals surface area contributed by atoms with Gasteiger partial charge >= 0.3 is 0 Å². The molecule has 27 heavy (non-hydrogen) atoms. The van der Waals surface area contributed by atoms with E-state index < -0.39 is 0 Å². The van der Waals surface area contributed by atoms with Crippen molar-refractivity contribution in [2.45, 2.75) is 12.8 Å². The van der Waals surface area contributed by atoms with Crippen LogP contribution >= 0.6 is 34.8 Å². The fourth-order valence-corrected chi connectivity index (χ4v) is 3.85. The Hall–Kier alpha value is -1.21. The number of amides is 2. The molecule has 0 saturated carbocycles. The van der Waals surface area contributed by atoms with Gasteiger partial charge in [0.05, 0.1) is 21.6 Å². The summed E-state index contributed by atoms with van der Waals surface area (Å²) < 4.78 is 5.51. The highest BCUT2D eigenvalue weighted by Gasteiger charge is 2.25. The van der Waals surface area contributed by atoms with Crippen LogP contribution in [0.25, 0.3) is 0 Å². The van der Waals surface area contributed by atoms with E-state index in [9.17, 15) is 9.59 Å². The molecular weight excluding hydrogens is 413 g/mol. The number of ether oxygens (including phenoxy) is 1. The Morgan fingerprint density at radius 3 is 2.07 bits per heavy atom. The van der Waals surface area contributed by atoms with Crippen LogP contribution < -0.4 is 4.74 Å². The summed E-state index contributed by atoms with van der Waals surface area (Å²) >= 11 is 17.9. The third-order valence-electron chi connectivity index (χ3n) is 4.87. The average molecular weight is 435 g/mol. The molecular formula is C18H22Cl3N3O3. The maximum atomic E-state index is 12.4. The minimum Gasteiger partial charge on any atom is -0.482 e. The molecule has 2 amide bonds. The van der Waals surface area contributed by atoms with Crippen molar-refractivity contribution >= 4 is 46.6 Å². The van der Waals surface area contributed by atoms with Crippen LogP contribution in [0.3, 0.4) is 0 Å². The van der Waals surface area contributed by atoms with Gasteiger partial charge in [-0.1, -0.05) is 34.8 Å². The van der Waals surface area contributed by atoms with E-state index >= 15 is 0 Å². The van der Waals surface area contributed by atoms with Crippen molar-refractivity contribution < 1.29 is 14.3 Å². The molecule has 0 atom stereocenters. The van der Waals surface area contributed by atoms with E-state index in [-0.39, 0.29) is 18.4 Å². The fourth-order valence-electron chi connectivity index (χ4n) is 3.26. The lowest BCUT2D eigenvalue weighted by Gasteiger charge is -2.35. The number of piperazine rings is 1.